The lowest BCUT2D eigenvalue weighted by atomic mass is 9.44. The second-order valence-electron chi connectivity index (χ2n) is 11.7. The molecule has 0 heterocycles. The van der Waals surface area contributed by atoms with E-state index in [2.05, 4.69) is 32.2 Å². The lowest BCUT2D eigenvalue weighted by Crippen LogP contribution is -2.52. The van der Waals surface area contributed by atoms with E-state index in [1.165, 1.54) is 77.0 Å². The van der Waals surface area contributed by atoms with Crippen LogP contribution in [0.5, 0.6) is 0 Å². The summed E-state index contributed by atoms with van der Waals surface area (Å²) in [5, 5.41) is 2.94. The van der Waals surface area contributed by atoms with Gasteiger partial charge in [0.2, 0.25) is 0 Å². The Morgan fingerprint density at radius 2 is 1.86 bits per heavy atom. The number of rotatable bonds is 7. The van der Waals surface area contributed by atoms with Crippen LogP contribution in [0.4, 0.5) is 0 Å². The highest BCUT2D eigenvalue weighted by atomic mass is 16.3. The van der Waals surface area contributed by atoms with Crippen molar-refractivity contribution >= 4 is 0 Å². The summed E-state index contributed by atoms with van der Waals surface area (Å²) in [4.78, 5) is 10.4. The molecule has 0 spiro atoms. The van der Waals surface area contributed by atoms with Crippen molar-refractivity contribution in [1.29, 1.82) is 0 Å². The summed E-state index contributed by atoms with van der Waals surface area (Å²) in [6, 6.07) is 0. The zero-order chi connectivity index (χ0) is 20.6. The number of unbranched alkanes of at least 4 members (excludes halogenated alkanes) is 2. The van der Waals surface area contributed by atoms with Crippen LogP contribution in [0.3, 0.4) is 0 Å². The zero-order valence-electron chi connectivity index (χ0n) is 19.1. The molecule has 2 nitrogen and oxygen atoms in total. The molecule has 2 heteroatoms. The topological polar surface area (TPSA) is 29.4 Å². The van der Waals surface area contributed by atoms with Crippen molar-refractivity contribution in [2.75, 3.05) is 0 Å². The largest absolute Gasteiger partial charge is 0.145 e. The first-order valence-corrected chi connectivity index (χ1v) is 12.6. The highest BCUT2D eigenvalue weighted by molar-refractivity contribution is 5.21. The Morgan fingerprint density at radius 3 is 2.66 bits per heavy atom. The van der Waals surface area contributed by atoms with Crippen LogP contribution < -0.4 is 0 Å². The summed E-state index contributed by atoms with van der Waals surface area (Å²) in [6.45, 7) is 13.4. The van der Waals surface area contributed by atoms with Gasteiger partial charge in [-0.2, -0.15) is 0 Å². The molecule has 0 saturated heterocycles. The molecule has 0 aliphatic heterocycles. The molecular weight excluding hydrogens is 354 g/mol. The molecule has 29 heavy (non-hydrogen) atoms. The third-order valence-corrected chi connectivity index (χ3v) is 10.4. The zero-order valence-corrected chi connectivity index (χ0v) is 19.1. The van der Waals surface area contributed by atoms with Crippen molar-refractivity contribution < 1.29 is 0 Å². The second kappa shape index (κ2) is 8.31. The van der Waals surface area contributed by atoms with Gasteiger partial charge >= 0.3 is 0 Å². The van der Waals surface area contributed by atoms with Gasteiger partial charge in [-0.3, -0.25) is 0 Å². The van der Waals surface area contributed by atoms with Gasteiger partial charge in [-0.05, 0) is 116 Å². The van der Waals surface area contributed by atoms with Gasteiger partial charge < -0.3 is 0 Å². The minimum Gasteiger partial charge on any atom is -0.145 e. The highest BCUT2D eigenvalue weighted by Gasteiger charge is 2.58. The molecule has 162 valence electrons. The molecule has 4 rings (SSSR count). The van der Waals surface area contributed by atoms with E-state index in [0.717, 1.165) is 42.4 Å². The molecule has 4 aliphatic rings. The maximum Gasteiger partial charge on any atom is 0.0777 e. The molecule has 7 atom stereocenters. The van der Waals surface area contributed by atoms with Crippen LogP contribution in [0.15, 0.2) is 29.6 Å². The monoisotopic (exact) mass is 397 g/mol. The highest BCUT2D eigenvalue weighted by Crippen LogP contribution is 2.67. The Balaban J connectivity index is 1.31. The van der Waals surface area contributed by atoms with E-state index < -0.39 is 0 Å². The average Bonchev–Trinajstić information content (AvgIpc) is 3.02. The average molecular weight is 398 g/mol. The molecule has 0 aromatic heterocycles. The van der Waals surface area contributed by atoms with Crippen LogP contribution >= 0.6 is 0 Å². The first-order chi connectivity index (χ1) is 13.9. The van der Waals surface area contributed by atoms with Crippen molar-refractivity contribution in [2.24, 2.45) is 45.6 Å². The molecule has 0 bridgehead atoms. The molecule has 0 N–H and O–H groups in total. The normalized spacial score (nSPS) is 43.9. The maximum atomic E-state index is 10.4. The van der Waals surface area contributed by atoms with E-state index >= 15 is 0 Å². The molecule has 0 radical (unpaired) electrons. The van der Waals surface area contributed by atoms with Gasteiger partial charge in [0.05, 0.1) is 5.70 Å². The van der Waals surface area contributed by atoms with Gasteiger partial charge in [0.25, 0.3) is 0 Å². The molecule has 4 fully saturated rings. The number of hydrogen-bond donors (Lipinski definition) is 0. The van der Waals surface area contributed by atoms with Gasteiger partial charge in [0.1, 0.15) is 0 Å². The minimum absolute atomic E-state index is 0.465. The van der Waals surface area contributed by atoms with E-state index in [0.29, 0.717) is 16.5 Å². The van der Waals surface area contributed by atoms with E-state index in [9.17, 15) is 4.91 Å². The summed E-state index contributed by atoms with van der Waals surface area (Å²) >= 11 is 0. The van der Waals surface area contributed by atoms with Crippen LogP contribution in [0.1, 0.15) is 104 Å². The van der Waals surface area contributed by atoms with Crippen LogP contribution in [0.2, 0.25) is 0 Å². The summed E-state index contributed by atoms with van der Waals surface area (Å²) < 4.78 is 0. The number of hydrogen-bond acceptors (Lipinski definition) is 2. The van der Waals surface area contributed by atoms with Gasteiger partial charge in [-0.25, -0.2) is 0 Å². The standard InChI is InChI=1S/C27H43NO/c1-19-10-13-24-23-12-11-22-18-21(9-7-5-6-8-20(2)28-29)14-16-27(22,4)25(23)15-17-26(19,24)3/h21-25H,1-2,5-18H2,3-4H3. The third kappa shape index (κ3) is 3.79. The third-order valence-electron chi connectivity index (χ3n) is 10.4. The summed E-state index contributed by atoms with van der Waals surface area (Å²) in [5.41, 5.74) is 3.17. The molecule has 0 aromatic carbocycles. The fraction of sp³-hybridized carbons (Fsp3) is 0.852. The predicted octanol–water partition coefficient (Wildman–Crippen LogP) is 8.43. The number of nitrogens with zero attached hydrogens (tertiary/aromatic N) is 1. The molecule has 0 amide bonds. The van der Waals surface area contributed by atoms with Gasteiger partial charge in [0.15, 0.2) is 0 Å². The van der Waals surface area contributed by atoms with Crippen LogP contribution in [-0.2, 0) is 0 Å². The Kier molecular flexibility index (Phi) is 6.11. The Morgan fingerprint density at radius 1 is 1.03 bits per heavy atom. The quantitative estimate of drug-likeness (QED) is 0.241. The van der Waals surface area contributed by atoms with Gasteiger partial charge in [-0.15, -0.1) is 4.91 Å². The van der Waals surface area contributed by atoms with Crippen molar-refractivity contribution in [1.82, 2.24) is 0 Å². The summed E-state index contributed by atoms with van der Waals surface area (Å²) in [5.74, 6) is 4.80. The van der Waals surface area contributed by atoms with Crippen molar-refractivity contribution in [2.45, 2.75) is 104 Å². The molecule has 0 aromatic rings. The maximum absolute atomic E-state index is 10.4. The number of fused-ring (bicyclic) bond motifs is 5. The Hall–Kier alpha value is -0.920. The van der Waals surface area contributed by atoms with E-state index in [4.69, 9.17) is 0 Å². The summed E-state index contributed by atoms with van der Waals surface area (Å²) in [7, 11) is 0. The van der Waals surface area contributed by atoms with Crippen LogP contribution in [0, 0.1) is 45.3 Å². The van der Waals surface area contributed by atoms with Gasteiger partial charge in [0, 0.05) is 0 Å². The fourth-order valence-electron chi connectivity index (χ4n) is 8.50. The van der Waals surface area contributed by atoms with Crippen molar-refractivity contribution in [3.05, 3.63) is 29.3 Å². The van der Waals surface area contributed by atoms with Gasteiger partial charge in [-0.1, -0.05) is 51.8 Å². The molecule has 4 saturated carbocycles. The molecular formula is C27H43NO. The SMILES string of the molecule is C=C(CCCCCC1CCC2(C)C(CCC3C4CCC(=C)C4(C)CCC32)C1)N=O. The van der Waals surface area contributed by atoms with Crippen LogP contribution in [0.25, 0.3) is 0 Å². The van der Waals surface area contributed by atoms with E-state index in [1.807, 2.05) is 0 Å². The summed E-state index contributed by atoms with van der Waals surface area (Å²) in [6.07, 6.45) is 18.8. The Labute approximate surface area is 179 Å². The first-order valence-electron chi connectivity index (χ1n) is 12.6. The second-order valence-corrected chi connectivity index (χ2v) is 11.7. The fourth-order valence-corrected chi connectivity index (χ4v) is 8.50. The van der Waals surface area contributed by atoms with Crippen molar-refractivity contribution in [3.63, 3.8) is 0 Å². The van der Waals surface area contributed by atoms with E-state index in [1.54, 1.807) is 5.57 Å². The predicted molar refractivity (Wildman–Crippen MR) is 122 cm³/mol. The number of nitroso groups, excluding NO2 is 1. The smallest absolute Gasteiger partial charge is 0.0777 e. The van der Waals surface area contributed by atoms with E-state index in [-0.39, 0.29) is 0 Å². The van der Waals surface area contributed by atoms with Crippen molar-refractivity contribution in [3.8, 4) is 0 Å². The molecule has 7 unspecified atom stereocenters. The lowest BCUT2D eigenvalue weighted by molar-refractivity contribution is -0.106. The Bertz CT molecular complexity index is 653. The lowest BCUT2D eigenvalue weighted by Gasteiger charge is -2.61. The first kappa shape index (κ1) is 21.3. The number of allylic oxidation sites excluding steroid dienone is 2. The minimum atomic E-state index is 0.465. The van der Waals surface area contributed by atoms with Crippen LogP contribution in [-0.4, -0.2) is 0 Å². The molecule has 4 aliphatic carbocycles.